The quantitative estimate of drug-likeness (QED) is 0.874. The van der Waals surface area contributed by atoms with Gasteiger partial charge in [-0.2, -0.15) is 0 Å². The summed E-state index contributed by atoms with van der Waals surface area (Å²) in [6.07, 6.45) is 0.865. The fourth-order valence-electron chi connectivity index (χ4n) is 1.67. The highest BCUT2D eigenvalue weighted by Gasteiger charge is 2.26. The first-order valence-corrected chi connectivity index (χ1v) is 6.36. The molecular formula is C14H19NO4. The van der Waals surface area contributed by atoms with Crippen LogP contribution >= 0.6 is 0 Å². The maximum atomic E-state index is 11.0. The largest absolute Gasteiger partial charge is 0.490 e. The summed E-state index contributed by atoms with van der Waals surface area (Å²) in [6, 6.07) is 5.56. The molecule has 0 aromatic heterocycles. The van der Waals surface area contributed by atoms with Crippen LogP contribution in [0, 0.1) is 5.41 Å². The number of carbonyl (C=O) groups is 1. The fourth-order valence-corrected chi connectivity index (χ4v) is 1.67. The summed E-state index contributed by atoms with van der Waals surface area (Å²) in [5.41, 5.74) is 0.0167. The number of ether oxygens (including phenoxy) is 2. The predicted molar refractivity (Wildman–Crippen MR) is 72.0 cm³/mol. The molecule has 0 bridgehead atoms. The van der Waals surface area contributed by atoms with Crippen LogP contribution < -0.4 is 14.8 Å². The summed E-state index contributed by atoms with van der Waals surface area (Å²) in [5, 5.41) is 12.2. The smallest absolute Gasteiger partial charge is 0.310 e. The van der Waals surface area contributed by atoms with Crippen molar-refractivity contribution in [2.45, 2.75) is 20.3 Å². The van der Waals surface area contributed by atoms with Crippen LogP contribution in [0.5, 0.6) is 11.5 Å². The van der Waals surface area contributed by atoms with Crippen molar-refractivity contribution in [1.29, 1.82) is 0 Å². The van der Waals surface area contributed by atoms with E-state index in [1.807, 2.05) is 18.2 Å². The summed E-state index contributed by atoms with van der Waals surface area (Å²) in [7, 11) is 0. The van der Waals surface area contributed by atoms with Crippen LogP contribution in [-0.4, -0.2) is 30.8 Å². The molecule has 0 radical (unpaired) electrons. The van der Waals surface area contributed by atoms with E-state index in [1.165, 1.54) is 0 Å². The molecule has 0 saturated heterocycles. The van der Waals surface area contributed by atoms with Crippen molar-refractivity contribution in [3.8, 4) is 11.5 Å². The molecule has 1 aromatic rings. The molecule has 1 aliphatic heterocycles. The molecule has 1 aliphatic rings. The van der Waals surface area contributed by atoms with Crippen LogP contribution in [0.25, 0.3) is 0 Å². The van der Waals surface area contributed by atoms with Gasteiger partial charge >= 0.3 is 5.97 Å². The molecule has 1 heterocycles. The number of benzene rings is 1. The van der Waals surface area contributed by atoms with E-state index in [1.54, 1.807) is 13.8 Å². The summed E-state index contributed by atoms with van der Waals surface area (Å²) >= 11 is 0. The van der Waals surface area contributed by atoms with E-state index in [-0.39, 0.29) is 0 Å². The summed E-state index contributed by atoms with van der Waals surface area (Å²) in [5.74, 6) is 0.616. The SMILES string of the molecule is CC(C)(CNc1ccc2c(c1)OCCCO2)C(=O)O. The third-order valence-corrected chi connectivity index (χ3v) is 3.06. The minimum atomic E-state index is -0.825. The second kappa shape index (κ2) is 5.38. The molecule has 0 saturated carbocycles. The summed E-state index contributed by atoms with van der Waals surface area (Å²) in [4.78, 5) is 11.0. The fraction of sp³-hybridized carbons (Fsp3) is 0.500. The van der Waals surface area contributed by atoms with Gasteiger partial charge in [-0.1, -0.05) is 0 Å². The number of carboxylic acids is 1. The van der Waals surface area contributed by atoms with Crippen LogP contribution in [0.1, 0.15) is 20.3 Å². The lowest BCUT2D eigenvalue weighted by Gasteiger charge is -2.20. The number of aliphatic carboxylic acids is 1. The molecule has 0 unspecified atom stereocenters. The Morgan fingerprint density at radius 2 is 2.00 bits per heavy atom. The molecule has 5 nitrogen and oxygen atoms in total. The lowest BCUT2D eigenvalue weighted by molar-refractivity contribution is -0.146. The molecule has 2 rings (SSSR count). The van der Waals surface area contributed by atoms with E-state index in [4.69, 9.17) is 14.6 Å². The third kappa shape index (κ3) is 3.30. The van der Waals surface area contributed by atoms with E-state index in [0.29, 0.717) is 25.5 Å². The van der Waals surface area contributed by atoms with Gasteiger partial charge in [0.1, 0.15) is 0 Å². The molecule has 5 heteroatoms. The maximum Gasteiger partial charge on any atom is 0.310 e. The standard InChI is InChI=1S/C14H19NO4/c1-14(2,13(16)17)9-15-10-4-5-11-12(8-10)19-7-3-6-18-11/h4-5,8,15H,3,6-7,9H2,1-2H3,(H,16,17). The average Bonchev–Trinajstić information content (AvgIpc) is 2.60. The maximum absolute atomic E-state index is 11.0. The van der Waals surface area contributed by atoms with Crippen molar-refractivity contribution in [3.05, 3.63) is 18.2 Å². The topological polar surface area (TPSA) is 67.8 Å². The van der Waals surface area contributed by atoms with Crippen LogP contribution in [0.15, 0.2) is 18.2 Å². The van der Waals surface area contributed by atoms with Gasteiger partial charge in [0.25, 0.3) is 0 Å². The molecule has 0 atom stereocenters. The van der Waals surface area contributed by atoms with Crippen LogP contribution in [0.4, 0.5) is 5.69 Å². The molecule has 0 fully saturated rings. The molecule has 2 N–H and O–H groups in total. The van der Waals surface area contributed by atoms with Crippen molar-refractivity contribution in [2.24, 2.45) is 5.41 Å². The van der Waals surface area contributed by atoms with Crippen molar-refractivity contribution < 1.29 is 19.4 Å². The van der Waals surface area contributed by atoms with Crippen LogP contribution in [0.2, 0.25) is 0 Å². The summed E-state index contributed by atoms with van der Waals surface area (Å²) < 4.78 is 11.1. The number of hydrogen-bond donors (Lipinski definition) is 2. The molecule has 0 spiro atoms. The van der Waals surface area contributed by atoms with E-state index in [2.05, 4.69) is 5.32 Å². The lowest BCUT2D eigenvalue weighted by Crippen LogP contribution is -2.31. The van der Waals surface area contributed by atoms with Crippen LogP contribution in [0.3, 0.4) is 0 Å². The third-order valence-electron chi connectivity index (χ3n) is 3.06. The highest BCUT2D eigenvalue weighted by molar-refractivity contribution is 5.74. The van der Waals surface area contributed by atoms with Gasteiger partial charge in [-0.05, 0) is 26.0 Å². The Labute approximate surface area is 112 Å². The summed E-state index contributed by atoms with van der Waals surface area (Å²) in [6.45, 7) is 5.02. The first-order chi connectivity index (χ1) is 8.99. The highest BCUT2D eigenvalue weighted by atomic mass is 16.5. The second-order valence-corrected chi connectivity index (χ2v) is 5.25. The van der Waals surface area contributed by atoms with Gasteiger partial charge in [-0.15, -0.1) is 0 Å². The first kappa shape index (κ1) is 13.5. The predicted octanol–water partition coefficient (Wildman–Crippen LogP) is 2.37. The normalized spacial score (nSPS) is 14.6. The van der Waals surface area contributed by atoms with Crippen molar-refractivity contribution in [3.63, 3.8) is 0 Å². The number of fused-ring (bicyclic) bond motifs is 1. The number of carboxylic acid groups (broad SMARTS) is 1. The number of rotatable bonds is 4. The first-order valence-electron chi connectivity index (χ1n) is 6.36. The Morgan fingerprint density at radius 1 is 1.32 bits per heavy atom. The zero-order valence-corrected chi connectivity index (χ0v) is 11.2. The van der Waals surface area contributed by atoms with Gasteiger partial charge in [0, 0.05) is 24.7 Å². The Bertz CT molecular complexity index is 471. The van der Waals surface area contributed by atoms with E-state index >= 15 is 0 Å². The van der Waals surface area contributed by atoms with Crippen molar-refractivity contribution in [2.75, 3.05) is 25.1 Å². The van der Waals surface area contributed by atoms with E-state index in [9.17, 15) is 4.79 Å². The van der Waals surface area contributed by atoms with Gasteiger partial charge in [0.15, 0.2) is 11.5 Å². The zero-order chi connectivity index (χ0) is 13.9. The number of hydrogen-bond acceptors (Lipinski definition) is 4. The average molecular weight is 265 g/mol. The zero-order valence-electron chi connectivity index (χ0n) is 11.2. The lowest BCUT2D eigenvalue weighted by atomic mass is 9.94. The Hall–Kier alpha value is -1.91. The van der Waals surface area contributed by atoms with Gasteiger partial charge in [0.05, 0.1) is 18.6 Å². The molecule has 104 valence electrons. The van der Waals surface area contributed by atoms with Gasteiger partial charge in [-0.25, -0.2) is 0 Å². The van der Waals surface area contributed by atoms with Gasteiger partial charge in [-0.3, -0.25) is 4.79 Å². The highest BCUT2D eigenvalue weighted by Crippen LogP contribution is 2.32. The second-order valence-electron chi connectivity index (χ2n) is 5.25. The Balaban J connectivity index is 2.06. The van der Waals surface area contributed by atoms with Crippen LogP contribution in [-0.2, 0) is 4.79 Å². The minimum Gasteiger partial charge on any atom is -0.490 e. The van der Waals surface area contributed by atoms with Gasteiger partial charge < -0.3 is 19.9 Å². The number of anilines is 1. The van der Waals surface area contributed by atoms with E-state index < -0.39 is 11.4 Å². The van der Waals surface area contributed by atoms with Gasteiger partial charge in [0.2, 0.25) is 0 Å². The molecule has 19 heavy (non-hydrogen) atoms. The Kier molecular flexibility index (Phi) is 3.83. The van der Waals surface area contributed by atoms with E-state index in [0.717, 1.165) is 17.9 Å². The number of nitrogens with one attached hydrogen (secondary N) is 1. The molecule has 0 amide bonds. The minimum absolute atomic E-state index is 0.349. The Morgan fingerprint density at radius 3 is 2.68 bits per heavy atom. The molecule has 1 aromatic carbocycles. The molecule has 0 aliphatic carbocycles. The van der Waals surface area contributed by atoms with Crippen molar-refractivity contribution >= 4 is 11.7 Å². The molecular weight excluding hydrogens is 246 g/mol. The van der Waals surface area contributed by atoms with Crippen molar-refractivity contribution in [1.82, 2.24) is 0 Å². The monoisotopic (exact) mass is 265 g/mol.